The van der Waals surface area contributed by atoms with Gasteiger partial charge < -0.3 is 18.9 Å². The Balaban J connectivity index is 1.49. The second-order valence-corrected chi connectivity index (χ2v) is 10.6. The fourth-order valence-electron chi connectivity index (χ4n) is 5.34. The van der Waals surface area contributed by atoms with Gasteiger partial charge in [0.05, 0.1) is 25.4 Å². The molecule has 1 spiro atoms. The third-order valence-corrected chi connectivity index (χ3v) is 7.31. The number of piperidine rings is 1. The van der Waals surface area contributed by atoms with Crippen molar-refractivity contribution < 1.29 is 23.8 Å². The van der Waals surface area contributed by atoms with E-state index in [1.54, 1.807) is 0 Å². The molecule has 1 aromatic rings. The zero-order chi connectivity index (χ0) is 23.0. The molecular weight excluding hydrogens is 406 g/mol. The quantitative estimate of drug-likeness (QED) is 0.506. The number of nitrogens with zero attached hydrogens (tertiary/aromatic N) is 1. The SMILES string of the molecule is CCC1(CC)CC2(CC(C)(C)N1OC(C)c1ccc(OCC3CO3)cc1)OCC(C)CO2. The van der Waals surface area contributed by atoms with Crippen LogP contribution >= 0.6 is 0 Å². The highest BCUT2D eigenvalue weighted by atomic mass is 16.7. The largest absolute Gasteiger partial charge is 0.491 e. The molecule has 0 saturated carbocycles. The minimum atomic E-state index is -0.518. The van der Waals surface area contributed by atoms with Crippen molar-refractivity contribution in [2.75, 3.05) is 26.4 Å². The molecule has 0 N–H and O–H groups in total. The summed E-state index contributed by atoms with van der Waals surface area (Å²) in [5.74, 6) is 0.795. The number of benzene rings is 1. The summed E-state index contributed by atoms with van der Waals surface area (Å²) in [5, 5.41) is 2.27. The molecule has 2 unspecified atom stereocenters. The molecule has 4 rings (SSSR count). The topological polar surface area (TPSA) is 52.7 Å². The van der Waals surface area contributed by atoms with Crippen molar-refractivity contribution in [1.82, 2.24) is 5.06 Å². The molecule has 0 radical (unpaired) electrons. The molecule has 2 atom stereocenters. The van der Waals surface area contributed by atoms with Gasteiger partial charge in [-0.05, 0) is 51.3 Å². The van der Waals surface area contributed by atoms with Gasteiger partial charge in [-0.25, -0.2) is 0 Å². The Morgan fingerprint density at radius 1 is 1.03 bits per heavy atom. The monoisotopic (exact) mass is 447 g/mol. The van der Waals surface area contributed by atoms with Crippen molar-refractivity contribution in [3.05, 3.63) is 29.8 Å². The van der Waals surface area contributed by atoms with E-state index in [-0.39, 0.29) is 23.3 Å². The van der Waals surface area contributed by atoms with Crippen LogP contribution in [0.1, 0.15) is 78.9 Å². The average Bonchev–Trinajstić information content (AvgIpc) is 3.61. The maximum Gasteiger partial charge on any atom is 0.171 e. The standard InChI is InChI=1S/C26H41NO5/c1-7-25(8-2)18-26(30-13-19(3)14-31-26)17-24(5,6)27(25)32-20(4)21-9-11-22(12-10-21)28-15-23-16-29-23/h9-12,19-20,23H,7-8,13-18H2,1-6H3. The van der Waals surface area contributed by atoms with Crippen molar-refractivity contribution in [2.24, 2.45) is 5.92 Å². The third-order valence-electron chi connectivity index (χ3n) is 7.31. The van der Waals surface area contributed by atoms with Crippen molar-refractivity contribution >= 4 is 0 Å². The van der Waals surface area contributed by atoms with E-state index in [1.165, 1.54) is 0 Å². The molecule has 3 aliphatic rings. The Morgan fingerprint density at radius 2 is 1.66 bits per heavy atom. The summed E-state index contributed by atoms with van der Waals surface area (Å²) in [4.78, 5) is 6.75. The Hall–Kier alpha value is -1.18. The molecule has 1 aromatic carbocycles. The molecule has 32 heavy (non-hydrogen) atoms. The van der Waals surface area contributed by atoms with Crippen LogP contribution in [0.5, 0.6) is 5.75 Å². The van der Waals surface area contributed by atoms with Gasteiger partial charge in [0.1, 0.15) is 24.6 Å². The maximum atomic E-state index is 6.75. The number of hydrogen-bond acceptors (Lipinski definition) is 6. The fourth-order valence-corrected chi connectivity index (χ4v) is 5.34. The van der Waals surface area contributed by atoms with E-state index >= 15 is 0 Å². The summed E-state index contributed by atoms with van der Waals surface area (Å²) >= 11 is 0. The van der Waals surface area contributed by atoms with E-state index in [1.807, 2.05) is 12.1 Å². The van der Waals surface area contributed by atoms with Crippen LogP contribution in [0.15, 0.2) is 24.3 Å². The first-order chi connectivity index (χ1) is 15.2. The Kier molecular flexibility index (Phi) is 6.91. The first kappa shape index (κ1) is 24.0. The van der Waals surface area contributed by atoms with Crippen LogP contribution in [-0.2, 0) is 19.0 Å². The van der Waals surface area contributed by atoms with Crippen LogP contribution in [0.25, 0.3) is 0 Å². The van der Waals surface area contributed by atoms with Gasteiger partial charge in [-0.1, -0.05) is 32.9 Å². The summed E-state index contributed by atoms with van der Waals surface area (Å²) in [6.07, 6.45) is 3.75. The molecule has 3 fully saturated rings. The normalized spacial score (nSPS) is 32.6. The van der Waals surface area contributed by atoms with Crippen molar-refractivity contribution in [2.45, 2.75) is 96.3 Å². The van der Waals surface area contributed by atoms with E-state index in [0.29, 0.717) is 12.5 Å². The molecule has 0 bridgehead atoms. The summed E-state index contributed by atoms with van der Waals surface area (Å²) in [7, 11) is 0. The van der Waals surface area contributed by atoms with Crippen molar-refractivity contribution in [1.29, 1.82) is 0 Å². The van der Waals surface area contributed by atoms with Gasteiger partial charge in [-0.15, -0.1) is 0 Å². The third kappa shape index (κ3) is 5.00. The Morgan fingerprint density at radius 3 is 2.22 bits per heavy atom. The smallest absolute Gasteiger partial charge is 0.171 e. The molecule has 0 amide bonds. The molecule has 6 heteroatoms. The number of hydrogen-bond donors (Lipinski definition) is 0. The lowest BCUT2D eigenvalue weighted by Crippen LogP contribution is -2.69. The molecular formula is C26H41NO5. The van der Waals surface area contributed by atoms with Gasteiger partial charge in [0.25, 0.3) is 0 Å². The molecule has 6 nitrogen and oxygen atoms in total. The number of ether oxygens (including phenoxy) is 4. The average molecular weight is 448 g/mol. The first-order valence-corrected chi connectivity index (χ1v) is 12.3. The van der Waals surface area contributed by atoms with Crippen LogP contribution in [0.3, 0.4) is 0 Å². The number of epoxide rings is 1. The predicted molar refractivity (Wildman–Crippen MR) is 123 cm³/mol. The van der Waals surface area contributed by atoms with Gasteiger partial charge in [0.2, 0.25) is 0 Å². The van der Waals surface area contributed by atoms with E-state index < -0.39 is 5.79 Å². The summed E-state index contributed by atoms with van der Waals surface area (Å²) < 4.78 is 23.8. The van der Waals surface area contributed by atoms with E-state index in [9.17, 15) is 0 Å². The first-order valence-electron chi connectivity index (χ1n) is 12.3. The lowest BCUT2D eigenvalue weighted by atomic mass is 9.73. The van der Waals surface area contributed by atoms with Crippen LogP contribution < -0.4 is 4.74 Å². The van der Waals surface area contributed by atoms with E-state index in [2.05, 4.69) is 58.7 Å². The van der Waals surface area contributed by atoms with Gasteiger partial charge in [-0.3, -0.25) is 4.84 Å². The van der Waals surface area contributed by atoms with Crippen molar-refractivity contribution in [3.8, 4) is 5.75 Å². The summed E-state index contributed by atoms with van der Waals surface area (Å²) in [6, 6.07) is 8.23. The molecule has 180 valence electrons. The van der Waals surface area contributed by atoms with Gasteiger partial charge in [-0.2, -0.15) is 5.06 Å². The Labute approximate surface area is 193 Å². The zero-order valence-electron chi connectivity index (χ0n) is 20.7. The molecule has 3 aliphatic heterocycles. The van der Waals surface area contributed by atoms with Crippen LogP contribution in [-0.4, -0.2) is 54.5 Å². The minimum Gasteiger partial charge on any atom is -0.491 e. The summed E-state index contributed by atoms with van der Waals surface area (Å²) in [6.45, 7) is 16.3. The van der Waals surface area contributed by atoms with E-state index in [0.717, 1.165) is 56.8 Å². The zero-order valence-corrected chi connectivity index (χ0v) is 20.7. The Bertz CT molecular complexity index is 748. The lowest BCUT2D eigenvalue weighted by Gasteiger charge is -2.60. The highest BCUT2D eigenvalue weighted by molar-refractivity contribution is 5.28. The number of rotatable bonds is 8. The fraction of sp³-hybridized carbons (Fsp3) is 0.769. The molecule has 0 aliphatic carbocycles. The number of hydroxylamine groups is 2. The second-order valence-electron chi connectivity index (χ2n) is 10.6. The maximum absolute atomic E-state index is 6.75. The molecule has 3 heterocycles. The van der Waals surface area contributed by atoms with Gasteiger partial charge >= 0.3 is 0 Å². The van der Waals surface area contributed by atoms with Crippen LogP contribution in [0.4, 0.5) is 0 Å². The predicted octanol–water partition coefficient (Wildman–Crippen LogP) is 5.27. The van der Waals surface area contributed by atoms with E-state index in [4.69, 9.17) is 23.8 Å². The lowest BCUT2D eigenvalue weighted by molar-refractivity contribution is -0.388. The van der Waals surface area contributed by atoms with Crippen LogP contribution in [0, 0.1) is 5.92 Å². The second kappa shape index (κ2) is 9.22. The highest BCUT2D eigenvalue weighted by Crippen LogP contribution is 2.51. The summed E-state index contributed by atoms with van der Waals surface area (Å²) in [5.41, 5.74) is 0.757. The minimum absolute atomic E-state index is 0.0742. The molecule has 0 aromatic heterocycles. The molecule has 3 saturated heterocycles. The highest BCUT2D eigenvalue weighted by Gasteiger charge is 2.58. The van der Waals surface area contributed by atoms with Crippen LogP contribution in [0.2, 0.25) is 0 Å². The van der Waals surface area contributed by atoms with Gasteiger partial charge in [0, 0.05) is 24.3 Å². The van der Waals surface area contributed by atoms with Gasteiger partial charge in [0.15, 0.2) is 5.79 Å². The van der Waals surface area contributed by atoms with Crippen molar-refractivity contribution in [3.63, 3.8) is 0 Å².